The molecule has 0 spiro atoms. The molecule has 0 atom stereocenters. The summed E-state index contributed by atoms with van der Waals surface area (Å²) in [7, 11) is 1.59. The van der Waals surface area contributed by atoms with E-state index < -0.39 is 0 Å². The number of hydrogen-bond acceptors (Lipinski definition) is 5. The molecule has 21 heavy (non-hydrogen) atoms. The van der Waals surface area contributed by atoms with Crippen LogP contribution in [0.25, 0.3) is 0 Å². The van der Waals surface area contributed by atoms with E-state index in [4.69, 9.17) is 15.2 Å². The topological polar surface area (TPSA) is 73.6 Å². The van der Waals surface area contributed by atoms with Gasteiger partial charge in [-0.05, 0) is 32.4 Å². The van der Waals surface area contributed by atoms with Gasteiger partial charge in [-0.15, -0.1) is 11.8 Å². The zero-order valence-corrected chi connectivity index (χ0v) is 13.7. The van der Waals surface area contributed by atoms with E-state index in [1.54, 1.807) is 19.2 Å². The first-order valence-corrected chi connectivity index (χ1v) is 7.96. The lowest BCUT2D eigenvalue weighted by Crippen LogP contribution is -2.27. The van der Waals surface area contributed by atoms with Gasteiger partial charge in [0.2, 0.25) is 5.91 Å². The maximum absolute atomic E-state index is 11.7. The van der Waals surface area contributed by atoms with Crippen LogP contribution in [0.2, 0.25) is 0 Å². The third-order valence-corrected chi connectivity index (χ3v) is 3.70. The Morgan fingerprint density at radius 2 is 2.19 bits per heavy atom. The molecule has 1 amide bonds. The van der Waals surface area contributed by atoms with Crippen LogP contribution in [0.3, 0.4) is 0 Å². The zero-order chi connectivity index (χ0) is 15.7. The van der Waals surface area contributed by atoms with Gasteiger partial charge < -0.3 is 20.5 Å². The fourth-order valence-electron chi connectivity index (χ4n) is 1.62. The van der Waals surface area contributed by atoms with E-state index in [-0.39, 0.29) is 12.0 Å². The average molecular weight is 312 g/mol. The van der Waals surface area contributed by atoms with Crippen molar-refractivity contribution in [2.75, 3.05) is 31.7 Å². The lowest BCUT2D eigenvalue weighted by atomic mass is 10.3. The third kappa shape index (κ3) is 7.24. The molecular weight excluding hydrogens is 288 g/mol. The Bertz CT molecular complexity index is 453. The summed E-state index contributed by atoms with van der Waals surface area (Å²) in [5, 5.41) is 2.87. The first-order valence-electron chi connectivity index (χ1n) is 6.97. The van der Waals surface area contributed by atoms with Crippen LogP contribution in [-0.2, 0) is 9.53 Å². The summed E-state index contributed by atoms with van der Waals surface area (Å²) in [6.45, 7) is 5.28. The summed E-state index contributed by atoms with van der Waals surface area (Å²) in [6.07, 6.45) is 1.05. The molecule has 0 bridgehead atoms. The molecule has 0 aliphatic rings. The first-order chi connectivity index (χ1) is 10.0. The van der Waals surface area contributed by atoms with Crippen LogP contribution in [0, 0.1) is 0 Å². The van der Waals surface area contributed by atoms with Crippen molar-refractivity contribution in [2.24, 2.45) is 0 Å². The SMILES string of the molecule is COc1cc(N)ccc1SCC(=O)NCCCOC(C)C. The highest BCUT2D eigenvalue weighted by molar-refractivity contribution is 8.00. The van der Waals surface area contributed by atoms with Crippen LogP contribution >= 0.6 is 11.8 Å². The number of hydrogen-bond donors (Lipinski definition) is 2. The highest BCUT2D eigenvalue weighted by Crippen LogP contribution is 2.30. The Morgan fingerprint density at radius 1 is 1.43 bits per heavy atom. The zero-order valence-electron chi connectivity index (χ0n) is 12.8. The standard InChI is InChI=1S/C15H24N2O3S/c1-11(2)20-8-4-7-17-15(18)10-21-14-6-5-12(16)9-13(14)19-3/h5-6,9,11H,4,7-8,10,16H2,1-3H3,(H,17,18). The molecule has 1 rings (SSSR count). The van der Waals surface area contributed by atoms with Gasteiger partial charge in [0.15, 0.2) is 0 Å². The van der Waals surface area contributed by atoms with Gasteiger partial charge in [-0.25, -0.2) is 0 Å². The predicted octanol–water partition coefficient (Wildman–Crippen LogP) is 2.30. The van der Waals surface area contributed by atoms with Crippen LogP contribution in [0.5, 0.6) is 5.75 Å². The molecule has 3 N–H and O–H groups in total. The minimum absolute atomic E-state index is 0.00317. The molecule has 0 heterocycles. The smallest absolute Gasteiger partial charge is 0.230 e. The van der Waals surface area contributed by atoms with Gasteiger partial charge in [0.05, 0.1) is 19.0 Å². The van der Waals surface area contributed by atoms with E-state index in [0.29, 0.717) is 30.3 Å². The monoisotopic (exact) mass is 312 g/mol. The number of methoxy groups -OCH3 is 1. The van der Waals surface area contributed by atoms with Crippen molar-refractivity contribution in [3.05, 3.63) is 18.2 Å². The van der Waals surface area contributed by atoms with E-state index >= 15 is 0 Å². The number of amides is 1. The van der Waals surface area contributed by atoms with Gasteiger partial charge in [0.25, 0.3) is 0 Å². The van der Waals surface area contributed by atoms with E-state index in [9.17, 15) is 4.79 Å². The van der Waals surface area contributed by atoms with E-state index in [1.165, 1.54) is 11.8 Å². The summed E-state index contributed by atoms with van der Waals surface area (Å²) in [4.78, 5) is 12.6. The molecule has 0 aromatic heterocycles. The molecule has 1 aromatic rings. The van der Waals surface area contributed by atoms with Crippen LogP contribution < -0.4 is 15.8 Å². The second-order valence-electron chi connectivity index (χ2n) is 4.82. The number of carbonyl (C=O) groups is 1. The number of nitrogens with one attached hydrogen (secondary N) is 1. The molecule has 0 radical (unpaired) electrons. The third-order valence-electron chi connectivity index (χ3n) is 2.64. The molecule has 5 nitrogen and oxygen atoms in total. The molecule has 0 fully saturated rings. The molecular formula is C15H24N2O3S. The van der Waals surface area contributed by atoms with Crippen LogP contribution in [-0.4, -0.2) is 38.0 Å². The lowest BCUT2D eigenvalue weighted by Gasteiger charge is -2.10. The normalized spacial score (nSPS) is 10.7. The lowest BCUT2D eigenvalue weighted by molar-refractivity contribution is -0.118. The molecule has 6 heteroatoms. The Balaban J connectivity index is 2.27. The number of benzene rings is 1. The molecule has 0 unspecified atom stereocenters. The van der Waals surface area contributed by atoms with Gasteiger partial charge in [0, 0.05) is 29.8 Å². The second kappa shape index (κ2) is 9.52. The molecule has 0 saturated heterocycles. The predicted molar refractivity (Wildman–Crippen MR) is 86.8 cm³/mol. The largest absolute Gasteiger partial charge is 0.496 e. The van der Waals surface area contributed by atoms with Gasteiger partial charge in [-0.2, -0.15) is 0 Å². The molecule has 0 aliphatic carbocycles. The van der Waals surface area contributed by atoms with Crippen molar-refractivity contribution in [3.8, 4) is 5.75 Å². The quantitative estimate of drug-likeness (QED) is 0.416. The fourth-order valence-corrected chi connectivity index (χ4v) is 2.45. The molecule has 0 aliphatic heterocycles. The first kappa shape index (κ1) is 17.7. The van der Waals surface area contributed by atoms with Gasteiger partial charge in [0.1, 0.15) is 5.75 Å². The second-order valence-corrected chi connectivity index (χ2v) is 5.84. The molecule has 118 valence electrons. The minimum atomic E-state index is 0.00317. The van der Waals surface area contributed by atoms with Crippen LogP contribution in [0.1, 0.15) is 20.3 Å². The highest BCUT2D eigenvalue weighted by atomic mass is 32.2. The van der Waals surface area contributed by atoms with Crippen molar-refractivity contribution in [1.29, 1.82) is 0 Å². The van der Waals surface area contributed by atoms with Crippen molar-refractivity contribution < 1.29 is 14.3 Å². The number of rotatable bonds is 9. The summed E-state index contributed by atoms with van der Waals surface area (Å²) in [5.74, 6) is 1.05. The summed E-state index contributed by atoms with van der Waals surface area (Å²) < 4.78 is 10.7. The van der Waals surface area contributed by atoms with E-state index in [1.807, 2.05) is 19.9 Å². The number of ether oxygens (including phenoxy) is 2. The fraction of sp³-hybridized carbons (Fsp3) is 0.533. The Kier molecular flexibility index (Phi) is 8.00. The van der Waals surface area contributed by atoms with Gasteiger partial charge >= 0.3 is 0 Å². The summed E-state index contributed by atoms with van der Waals surface area (Å²) in [6, 6.07) is 5.41. The number of carbonyl (C=O) groups excluding carboxylic acids is 1. The summed E-state index contributed by atoms with van der Waals surface area (Å²) >= 11 is 1.43. The van der Waals surface area contributed by atoms with Crippen molar-refractivity contribution in [2.45, 2.75) is 31.3 Å². The number of nitrogens with two attached hydrogens (primary N) is 1. The van der Waals surface area contributed by atoms with Gasteiger partial charge in [-0.1, -0.05) is 0 Å². The molecule has 0 saturated carbocycles. The van der Waals surface area contributed by atoms with E-state index in [0.717, 1.165) is 11.3 Å². The highest BCUT2D eigenvalue weighted by Gasteiger charge is 2.07. The number of anilines is 1. The maximum atomic E-state index is 11.7. The van der Waals surface area contributed by atoms with Crippen molar-refractivity contribution in [3.63, 3.8) is 0 Å². The summed E-state index contributed by atoms with van der Waals surface area (Å²) in [5.41, 5.74) is 6.34. The Hall–Kier alpha value is -1.40. The Morgan fingerprint density at radius 3 is 2.86 bits per heavy atom. The number of nitrogen functional groups attached to an aromatic ring is 1. The minimum Gasteiger partial charge on any atom is -0.496 e. The number of thioether (sulfide) groups is 1. The van der Waals surface area contributed by atoms with Crippen LogP contribution in [0.15, 0.2) is 23.1 Å². The van der Waals surface area contributed by atoms with Crippen molar-refractivity contribution in [1.82, 2.24) is 5.32 Å². The van der Waals surface area contributed by atoms with Crippen LogP contribution in [0.4, 0.5) is 5.69 Å². The van der Waals surface area contributed by atoms with Crippen molar-refractivity contribution >= 4 is 23.4 Å². The van der Waals surface area contributed by atoms with Gasteiger partial charge in [-0.3, -0.25) is 4.79 Å². The molecule has 1 aromatic carbocycles. The van der Waals surface area contributed by atoms with E-state index in [2.05, 4.69) is 5.32 Å². The maximum Gasteiger partial charge on any atom is 0.230 e. The average Bonchev–Trinajstić information content (AvgIpc) is 2.45. The Labute approximate surface area is 130 Å².